The number of nitrogens with zero attached hydrogens (tertiary/aromatic N) is 2. The summed E-state index contributed by atoms with van der Waals surface area (Å²) in [6, 6.07) is 0. The number of likely N-dealkylation sites (tertiary alicyclic amines) is 1. The third kappa shape index (κ3) is 4.91. The van der Waals surface area contributed by atoms with Crippen molar-refractivity contribution in [2.45, 2.75) is 64.2 Å². The maximum absolute atomic E-state index is 12.5. The van der Waals surface area contributed by atoms with Crippen LogP contribution in [0.4, 0.5) is 0 Å². The molecule has 1 saturated heterocycles. The van der Waals surface area contributed by atoms with Gasteiger partial charge >= 0.3 is 0 Å². The van der Waals surface area contributed by atoms with Gasteiger partial charge in [-0.25, -0.2) is 4.98 Å². The highest BCUT2D eigenvalue weighted by Crippen LogP contribution is 2.28. The van der Waals surface area contributed by atoms with E-state index in [1.807, 2.05) is 10.3 Å². The van der Waals surface area contributed by atoms with Gasteiger partial charge < -0.3 is 15.4 Å². The van der Waals surface area contributed by atoms with Crippen LogP contribution in [0.3, 0.4) is 0 Å². The third-order valence-electron chi connectivity index (χ3n) is 5.02. The van der Waals surface area contributed by atoms with E-state index in [4.69, 9.17) is 10.5 Å². The van der Waals surface area contributed by atoms with Gasteiger partial charge in [-0.3, -0.25) is 4.79 Å². The molecule has 0 aromatic carbocycles. The first-order valence-electron chi connectivity index (χ1n) is 8.75. The van der Waals surface area contributed by atoms with Crippen LogP contribution in [0.5, 0.6) is 0 Å². The van der Waals surface area contributed by atoms with Crippen molar-refractivity contribution >= 4 is 29.7 Å². The van der Waals surface area contributed by atoms with Crippen molar-refractivity contribution in [3.8, 4) is 0 Å². The molecule has 0 bridgehead atoms. The van der Waals surface area contributed by atoms with Crippen LogP contribution >= 0.6 is 23.7 Å². The van der Waals surface area contributed by atoms with Crippen LogP contribution in [0.1, 0.15) is 60.9 Å². The van der Waals surface area contributed by atoms with Gasteiger partial charge in [0.15, 0.2) is 0 Å². The highest BCUT2D eigenvalue weighted by Gasteiger charge is 2.28. The molecule has 0 radical (unpaired) electrons. The number of aromatic nitrogens is 1. The number of carbonyl (C=O) groups excluding carboxylic acids is 1. The fourth-order valence-corrected chi connectivity index (χ4v) is 4.15. The summed E-state index contributed by atoms with van der Waals surface area (Å²) in [7, 11) is 0. The molecule has 3 rings (SSSR count). The first-order valence-corrected chi connectivity index (χ1v) is 9.63. The molecule has 1 aromatic heterocycles. The van der Waals surface area contributed by atoms with E-state index in [0.29, 0.717) is 24.4 Å². The second-order valence-corrected chi connectivity index (χ2v) is 7.78. The van der Waals surface area contributed by atoms with Crippen LogP contribution in [0, 0.1) is 5.92 Å². The molecule has 1 aliphatic heterocycles. The van der Waals surface area contributed by atoms with E-state index < -0.39 is 0 Å². The van der Waals surface area contributed by atoms with Gasteiger partial charge in [-0.05, 0) is 44.4 Å². The summed E-state index contributed by atoms with van der Waals surface area (Å²) < 4.78 is 6.27. The number of nitrogens with two attached hydrogens (primary N) is 1. The van der Waals surface area contributed by atoms with Crippen LogP contribution in [-0.4, -0.2) is 41.1 Å². The van der Waals surface area contributed by atoms with E-state index in [0.717, 1.165) is 36.9 Å². The molecule has 5 nitrogen and oxygen atoms in total. The molecule has 1 aliphatic carbocycles. The Kier molecular flexibility index (Phi) is 7.47. The minimum Gasteiger partial charge on any atom is -0.375 e. The Morgan fingerprint density at radius 3 is 2.46 bits per heavy atom. The SMILES string of the molecule is CC1CCC(OC2CCN(C(=O)c3csc(CN)n3)CC2)CC1.Cl. The number of thiazole rings is 1. The lowest BCUT2D eigenvalue weighted by Crippen LogP contribution is -2.42. The molecule has 1 aromatic rings. The molecular formula is C17H28ClN3O2S. The van der Waals surface area contributed by atoms with Crippen LogP contribution < -0.4 is 5.73 Å². The predicted octanol–water partition coefficient (Wildman–Crippen LogP) is 3.22. The molecule has 0 unspecified atom stereocenters. The molecule has 24 heavy (non-hydrogen) atoms. The highest BCUT2D eigenvalue weighted by molar-refractivity contribution is 7.09. The van der Waals surface area contributed by atoms with Gasteiger partial charge in [-0.2, -0.15) is 0 Å². The van der Waals surface area contributed by atoms with Gasteiger partial charge in [-0.1, -0.05) is 6.92 Å². The lowest BCUT2D eigenvalue weighted by Gasteiger charge is -2.35. The monoisotopic (exact) mass is 373 g/mol. The van der Waals surface area contributed by atoms with Crippen molar-refractivity contribution in [1.29, 1.82) is 0 Å². The fourth-order valence-electron chi connectivity index (χ4n) is 3.50. The van der Waals surface area contributed by atoms with Crippen molar-refractivity contribution in [3.05, 3.63) is 16.1 Å². The molecule has 1 saturated carbocycles. The number of rotatable bonds is 4. The van der Waals surface area contributed by atoms with Crippen molar-refractivity contribution in [2.75, 3.05) is 13.1 Å². The van der Waals surface area contributed by atoms with E-state index in [-0.39, 0.29) is 18.3 Å². The molecule has 2 fully saturated rings. The number of amides is 1. The van der Waals surface area contributed by atoms with E-state index in [1.165, 1.54) is 37.0 Å². The van der Waals surface area contributed by atoms with Crippen molar-refractivity contribution < 1.29 is 9.53 Å². The number of piperidine rings is 1. The third-order valence-corrected chi connectivity index (χ3v) is 5.89. The molecule has 0 spiro atoms. The Labute approximate surface area is 154 Å². The average Bonchev–Trinajstić information content (AvgIpc) is 3.06. The molecular weight excluding hydrogens is 346 g/mol. The Bertz CT molecular complexity index is 524. The molecule has 0 atom stereocenters. The minimum absolute atomic E-state index is 0. The van der Waals surface area contributed by atoms with E-state index >= 15 is 0 Å². The van der Waals surface area contributed by atoms with Gasteiger partial charge in [-0.15, -0.1) is 23.7 Å². The van der Waals surface area contributed by atoms with E-state index in [1.54, 1.807) is 0 Å². The van der Waals surface area contributed by atoms with Gasteiger partial charge in [0.25, 0.3) is 5.91 Å². The fraction of sp³-hybridized carbons (Fsp3) is 0.765. The standard InChI is InChI=1S/C17H27N3O2S.ClH/c1-12-2-4-13(5-3-12)22-14-6-8-20(9-7-14)17(21)15-11-23-16(10-18)19-15;/h11-14H,2-10,18H2,1H3;1H. The van der Waals surface area contributed by atoms with Crippen molar-refractivity contribution in [2.24, 2.45) is 11.7 Å². The van der Waals surface area contributed by atoms with Gasteiger partial charge in [0.05, 0.1) is 12.2 Å². The van der Waals surface area contributed by atoms with E-state index in [2.05, 4.69) is 11.9 Å². The number of halogens is 1. The van der Waals surface area contributed by atoms with E-state index in [9.17, 15) is 4.79 Å². The second-order valence-electron chi connectivity index (χ2n) is 6.84. The normalized spacial score (nSPS) is 25.3. The van der Waals surface area contributed by atoms with Gasteiger partial charge in [0.2, 0.25) is 0 Å². The number of hydrogen-bond acceptors (Lipinski definition) is 5. The Balaban J connectivity index is 0.00000208. The first kappa shape index (κ1) is 19.6. The van der Waals surface area contributed by atoms with Crippen molar-refractivity contribution in [3.63, 3.8) is 0 Å². The lowest BCUT2D eigenvalue weighted by atomic mass is 9.88. The summed E-state index contributed by atoms with van der Waals surface area (Å²) in [5.74, 6) is 0.886. The summed E-state index contributed by atoms with van der Waals surface area (Å²) in [6.45, 7) is 4.26. The smallest absolute Gasteiger partial charge is 0.273 e. The van der Waals surface area contributed by atoms with Crippen LogP contribution in [0.15, 0.2) is 5.38 Å². The van der Waals surface area contributed by atoms with Gasteiger partial charge in [0, 0.05) is 25.0 Å². The van der Waals surface area contributed by atoms with Gasteiger partial charge in [0.1, 0.15) is 10.7 Å². The first-order chi connectivity index (χ1) is 11.2. The summed E-state index contributed by atoms with van der Waals surface area (Å²) in [6.07, 6.45) is 7.58. The number of carbonyl (C=O) groups is 1. The second kappa shape index (κ2) is 9.13. The molecule has 136 valence electrons. The minimum atomic E-state index is 0. The maximum atomic E-state index is 12.5. The largest absolute Gasteiger partial charge is 0.375 e. The Hall–Kier alpha value is -0.690. The number of ether oxygens (including phenoxy) is 1. The quantitative estimate of drug-likeness (QED) is 0.879. The Morgan fingerprint density at radius 2 is 1.88 bits per heavy atom. The van der Waals surface area contributed by atoms with Crippen LogP contribution in [-0.2, 0) is 11.3 Å². The zero-order valence-electron chi connectivity index (χ0n) is 14.3. The summed E-state index contributed by atoms with van der Waals surface area (Å²) in [5, 5.41) is 2.63. The summed E-state index contributed by atoms with van der Waals surface area (Å²) in [4.78, 5) is 18.6. The maximum Gasteiger partial charge on any atom is 0.273 e. The molecule has 7 heteroatoms. The molecule has 1 amide bonds. The van der Waals surface area contributed by atoms with Crippen molar-refractivity contribution in [1.82, 2.24) is 9.88 Å². The van der Waals surface area contributed by atoms with Crippen LogP contribution in [0.25, 0.3) is 0 Å². The lowest BCUT2D eigenvalue weighted by molar-refractivity contribution is -0.0571. The van der Waals surface area contributed by atoms with Crippen LogP contribution in [0.2, 0.25) is 0 Å². The molecule has 2 heterocycles. The highest BCUT2D eigenvalue weighted by atomic mass is 35.5. The average molecular weight is 374 g/mol. The summed E-state index contributed by atoms with van der Waals surface area (Å²) in [5.41, 5.74) is 6.10. The Morgan fingerprint density at radius 1 is 1.25 bits per heavy atom. The molecule has 2 N–H and O–H groups in total. The molecule has 2 aliphatic rings. The zero-order valence-corrected chi connectivity index (χ0v) is 15.9. The summed E-state index contributed by atoms with van der Waals surface area (Å²) >= 11 is 1.46. The zero-order chi connectivity index (χ0) is 16.2. The topological polar surface area (TPSA) is 68.5 Å². The number of hydrogen-bond donors (Lipinski definition) is 1. The predicted molar refractivity (Wildman–Crippen MR) is 98.7 cm³/mol.